The third kappa shape index (κ3) is 1.58. The Morgan fingerprint density at radius 2 is 2.40 bits per heavy atom. The lowest BCUT2D eigenvalue weighted by atomic mass is 10.2. The molecule has 0 saturated carbocycles. The maximum atomic E-state index is 5.62. The van der Waals surface area contributed by atoms with Crippen molar-refractivity contribution in [2.75, 3.05) is 6.61 Å². The van der Waals surface area contributed by atoms with E-state index in [1.165, 1.54) is 0 Å². The van der Waals surface area contributed by atoms with Crippen LogP contribution < -0.4 is 0 Å². The molecule has 1 aliphatic rings. The molecule has 2 aromatic rings. The summed E-state index contributed by atoms with van der Waals surface area (Å²) in [5, 5.41) is 0. The van der Waals surface area contributed by atoms with Gasteiger partial charge < -0.3 is 4.74 Å². The molecule has 0 aromatic carbocycles. The smallest absolute Gasteiger partial charge is 0.137 e. The zero-order valence-corrected chi connectivity index (χ0v) is 9.77. The Morgan fingerprint density at radius 1 is 1.47 bits per heavy atom. The standard InChI is InChI=1S/C11H11BrN2O/c12-10-4-1-5-11-13-8(7-14(10)11)9-3-2-6-15-9/h1,4-5,7,9H,2-3,6H2. The largest absolute Gasteiger partial charge is 0.372 e. The number of halogens is 1. The van der Waals surface area contributed by atoms with Crippen LogP contribution in [0.15, 0.2) is 29.0 Å². The van der Waals surface area contributed by atoms with Crippen LogP contribution in [0.4, 0.5) is 0 Å². The summed E-state index contributed by atoms with van der Waals surface area (Å²) in [5.74, 6) is 0. The van der Waals surface area contributed by atoms with E-state index in [9.17, 15) is 0 Å². The van der Waals surface area contributed by atoms with Crippen molar-refractivity contribution in [3.8, 4) is 0 Å². The van der Waals surface area contributed by atoms with Crippen LogP contribution in [0.2, 0.25) is 0 Å². The first kappa shape index (κ1) is 9.36. The van der Waals surface area contributed by atoms with E-state index < -0.39 is 0 Å². The number of rotatable bonds is 1. The minimum Gasteiger partial charge on any atom is -0.372 e. The lowest BCUT2D eigenvalue weighted by Crippen LogP contribution is -1.95. The fraction of sp³-hybridized carbons (Fsp3) is 0.364. The van der Waals surface area contributed by atoms with E-state index in [0.29, 0.717) is 0 Å². The predicted octanol–water partition coefficient (Wildman–Crippen LogP) is 2.95. The fourth-order valence-electron chi connectivity index (χ4n) is 1.96. The second-order valence-corrected chi connectivity index (χ2v) is 4.56. The molecule has 0 N–H and O–H groups in total. The molecule has 3 nitrogen and oxygen atoms in total. The predicted molar refractivity (Wildman–Crippen MR) is 60.8 cm³/mol. The molecule has 4 heteroatoms. The molecule has 3 rings (SSSR count). The summed E-state index contributed by atoms with van der Waals surface area (Å²) >= 11 is 3.50. The van der Waals surface area contributed by atoms with Crippen molar-refractivity contribution in [3.63, 3.8) is 0 Å². The summed E-state index contributed by atoms with van der Waals surface area (Å²) in [7, 11) is 0. The van der Waals surface area contributed by atoms with Crippen LogP contribution >= 0.6 is 15.9 Å². The quantitative estimate of drug-likeness (QED) is 0.742. The van der Waals surface area contributed by atoms with Crippen LogP contribution in [0, 0.1) is 0 Å². The van der Waals surface area contributed by atoms with Crippen LogP contribution in [0.1, 0.15) is 24.6 Å². The molecule has 0 radical (unpaired) electrons. The maximum absolute atomic E-state index is 5.62. The topological polar surface area (TPSA) is 26.5 Å². The Kier molecular flexibility index (Phi) is 2.25. The zero-order valence-electron chi connectivity index (χ0n) is 8.19. The monoisotopic (exact) mass is 266 g/mol. The van der Waals surface area contributed by atoms with E-state index in [0.717, 1.165) is 35.4 Å². The molecule has 3 heterocycles. The first-order chi connectivity index (χ1) is 7.34. The molecule has 1 atom stereocenters. The highest BCUT2D eigenvalue weighted by atomic mass is 79.9. The van der Waals surface area contributed by atoms with Gasteiger partial charge in [-0.15, -0.1) is 0 Å². The molecule has 1 saturated heterocycles. The summed E-state index contributed by atoms with van der Waals surface area (Å²) in [6.45, 7) is 0.861. The van der Waals surface area contributed by atoms with Crippen LogP contribution in [0.25, 0.3) is 5.65 Å². The fourth-order valence-corrected chi connectivity index (χ4v) is 2.40. The Balaban J connectivity index is 2.09. The van der Waals surface area contributed by atoms with Gasteiger partial charge in [0.1, 0.15) is 11.8 Å². The van der Waals surface area contributed by atoms with Gasteiger partial charge in [-0.1, -0.05) is 6.07 Å². The van der Waals surface area contributed by atoms with Crippen molar-refractivity contribution < 1.29 is 4.74 Å². The van der Waals surface area contributed by atoms with Crippen molar-refractivity contribution in [1.29, 1.82) is 0 Å². The summed E-state index contributed by atoms with van der Waals surface area (Å²) < 4.78 is 8.68. The summed E-state index contributed by atoms with van der Waals surface area (Å²) in [5.41, 5.74) is 2.01. The highest BCUT2D eigenvalue weighted by Crippen LogP contribution is 2.28. The van der Waals surface area contributed by atoms with Crippen LogP contribution in [0.5, 0.6) is 0 Å². The van der Waals surface area contributed by atoms with Gasteiger partial charge >= 0.3 is 0 Å². The van der Waals surface area contributed by atoms with Gasteiger partial charge in [0.2, 0.25) is 0 Å². The van der Waals surface area contributed by atoms with Gasteiger partial charge in [-0.25, -0.2) is 4.98 Å². The van der Waals surface area contributed by atoms with E-state index >= 15 is 0 Å². The highest BCUT2D eigenvalue weighted by molar-refractivity contribution is 9.10. The average Bonchev–Trinajstić information content (AvgIpc) is 2.86. The van der Waals surface area contributed by atoms with Gasteiger partial charge in [0.05, 0.1) is 10.3 Å². The van der Waals surface area contributed by atoms with E-state index in [1.54, 1.807) is 0 Å². The molecule has 78 valence electrons. The summed E-state index contributed by atoms with van der Waals surface area (Å²) in [4.78, 5) is 4.56. The Morgan fingerprint density at radius 3 is 3.13 bits per heavy atom. The molecule has 0 aliphatic carbocycles. The number of ether oxygens (including phenoxy) is 1. The van der Waals surface area contributed by atoms with Gasteiger partial charge in [-0.3, -0.25) is 4.40 Å². The Labute approximate surface area is 96.2 Å². The molecule has 0 spiro atoms. The van der Waals surface area contributed by atoms with Crippen molar-refractivity contribution in [3.05, 3.63) is 34.7 Å². The van der Waals surface area contributed by atoms with E-state index in [1.807, 2.05) is 22.6 Å². The highest BCUT2D eigenvalue weighted by Gasteiger charge is 2.20. The molecule has 1 unspecified atom stereocenters. The van der Waals surface area contributed by atoms with E-state index in [4.69, 9.17) is 4.74 Å². The van der Waals surface area contributed by atoms with E-state index in [-0.39, 0.29) is 6.10 Å². The number of pyridine rings is 1. The number of fused-ring (bicyclic) bond motifs is 1. The third-order valence-corrected chi connectivity index (χ3v) is 3.37. The number of imidazole rings is 1. The zero-order chi connectivity index (χ0) is 10.3. The van der Waals surface area contributed by atoms with Crippen molar-refractivity contribution in [2.45, 2.75) is 18.9 Å². The number of aromatic nitrogens is 2. The molecule has 1 fully saturated rings. The average molecular weight is 267 g/mol. The Hall–Kier alpha value is -0.870. The third-order valence-electron chi connectivity index (χ3n) is 2.72. The minimum atomic E-state index is 0.191. The van der Waals surface area contributed by atoms with Crippen molar-refractivity contribution in [2.24, 2.45) is 0 Å². The molecular weight excluding hydrogens is 256 g/mol. The summed E-state index contributed by atoms with van der Waals surface area (Å²) in [6, 6.07) is 6.00. The van der Waals surface area contributed by atoms with Gasteiger partial charge in [0, 0.05) is 12.8 Å². The first-order valence-electron chi connectivity index (χ1n) is 5.10. The second kappa shape index (κ2) is 3.61. The Bertz CT molecular complexity index is 488. The molecule has 1 aliphatic heterocycles. The second-order valence-electron chi connectivity index (χ2n) is 3.74. The van der Waals surface area contributed by atoms with Gasteiger partial charge in [0.15, 0.2) is 0 Å². The number of nitrogens with zero attached hydrogens (tertiary/aromatic N) is 2. The lowest BCUT2D eigenvalue weighted by molar-refractivity contribution is 0.109. The lowest BCUT2D eigenvalue weighted by Gasteiger charge is -2.03. The first-order valence-corrected chi connectivity index (χ1v) is 5.89. The summed E-state index contributed by atoms with van der Waals surface area (Å²) in [6.07, 6.45) is 4.47. The van der Waals surface area contributed by atoms with Crippen LogP contribution in [-0.2, 0) is 4.74 Å². The van der Waals surface area contributed by atoms with Gasteiger partial charge in [0.25, 0.3) is 0 Å². The van der Waals surface area contributed by atoms with E-state index in [2.05, 4.69) is 27.1 Å². The van der Waals surface area contributed by atoms with Gasteiger partial charge in [-0.2, -0.15) is 0 Å². The number of hydrogen-bond donors (Lipinski definition) is 0. The normalized spacial score (nSPS) is 21.3. The molecular formula is C11H11BrN2O. The minimum absolute atomic E-state index is 0.191. The van der Waals surface area contributed by atoms with Gasteiger partial charge in [-0.05, 0) is 40.9 Å². The molecule has 0 bridgehead atoms. The molecule has 2 aromatic heterocycles. The SMILES string of the molecule is Brc1cccc2nc(C3CCCO3)cn12. The van der Waals surface area contributed by atoms with Crippen LogP contribution in [-0.4, -0.2) is 16.0 Å². The van der Waals surface area contributed by atoms with Crippen molar-refractivity contribution in [1.82, 2.24) is 9.38 Å². The molecule has 0 amide bonds. The maximum Gasteiger partial charge on any atom is 0.137 e. The van der Waals surface area contributed by atoms with Crippen molar-refractivity contribution >= 4 is 21.6 Å². The molecule has 15 heavy (non-hydrogen) atoms. The van der Waals surface area contributed by atoms with Crippen LogP contribution in [0.3, 0.4) is 0 Å². The number of hydrogen-bond acceptors (Lipinski definition) is 2.